The Morgan fingerprint density at radius 3 is 2.27 bits per heavy atom. The van der Waals surface area contributed by atoms with Gasteiger partial charge in [-0.3, -0.25) is 33.5 Å². The van der Waals surface area contributed by atoms with Crippen LogP contribution in [0.25, 0.3) is 0 Å². The molecule has 3 N–H and O–H groups in total. The Kier molecular flexibility index (Phi) is 14.4. The molecule has 16 heteroatoms. The average molecular weight is 923 g/mol. The number of aromatic amines is 1. The lowest BCUT2D eigenvalue weighted by atomic mass is 9.32. The second-order valence-corrected chi connectivity index (χ2v) is 22.9. The molecule has 13 atom stereocenters. The molecule has 1 aromatic rings. The second-order valence-electron chi connectivity index (χ2n) is 22.9. The molecule has 1 saturated heterocycles. The lowest BCUT2D eigenvalue weighted by molar-refractivity contribution is -0.253. The number of fused-ring (bicyclic) bond motifs is 7. The molecular weight excluding hydrogens is 847 g/mol. The SMILES string of the molecule is Cc1cn(C2CC(N=[N+]=N)C(COC(=O)CCCC(=O)OC[C@]34CC[C@@H](C(C)C)[C@@H]3[C@H]3CC[C@@H]5[C@@]6(C)CC[C@H](OC(=O)CCCC(=O)O)C(C)(C)[C@@H]6CC[C@@]5(C)[C@]3(C)CC4)O2)c(=O)[nH]c1=O. The average Bonchev–Trinajstić information content (AvgIpc) is 3.84. The highest BCUT2D eigenvalue weighted by Gasteiger charge is 2.71. The molecule has 16 nitrogen and oxygen atoms in total. The molecule has 7 rings (SSSR count). The molecule has 0 spiro atoms. The zero-order valence-corrected chi connectivity index (χ0v) is 40.7. The Labute approximate surface area is 388 Å². The van der Waals surface area contributed by atoms with Crippen LogP contribution in [0.1, 0.15) is 169 Å². The van der Waals surface area contributed by atoms with Crippen LogP contribution in [-0.4, -0.2) is 70.0 Å². The van der Waals surface area contributed by atoms with Gasteiger partial charge in [0.2, 0.25) is 4.91 Å². The molecule has 66 heavy (non-hydrogen) atoms. The molecule has 1 aliphatic heterocycles. The summed E-state index contributed by atoms with van der Waals surface area (Å²) in [7, 11) is 0. The van der Waals surface area contributed by atoms with E-state index in [-0.39, 0.29) is 90.2 Å². The first-order valence-corrected chi connectivity index (χ1v) is 24.9. The number of carboxylic acids is 1. The zero-order chi connectivity index (χ0) is 48.0. The first-order valence-electron chi connectivity index (χ1n) is 24.9. The normalized spacial score (nSPS) is 37.6. The standard InChI is InChI=1S/C50H75N5O11/c1-29(2)31-17-22-50(28-64-41(59)13-10-12-40(58)63-27-34-33(53-54-51)25-38(65-34)55-26-30(3)44(61)52-45(55)62)24-23-48(7)32(43(31)50)15-16-36-47(6)20-19-37(66-42(60)14-9-11-39(56)57)46(4,5)35(47)18-21-49(36,48)8/h26,29,31-38,43,51H,9-25,27-28H2,1-8H3,(H-,52,56,57,61,62)/p+1/t31-,32+,33?,34?,35-,36+,37-,38?,43+,47-,48+,49+,50+/m0/s1. The summed E-state index contributed by atoms with van der Waals surface area (Å²) in [6.07, 6.45) is 11.4. The van der Waals surface area contributed by atoms with Crippen molar-refractivity contribution in [1.29, 1.82) is 5.53 Å². The molecule has 0 amide bonds. The maximum atomic E-state index is 13.4. The number of esters is 3. The summed E-state index contributed by atoms with van der Waals surface area (Å²) in [5.74, 6) is 1.01. The summed E-state index contributed by atoms with van der Waals surface area (Å²) in [4.78, 5) is 80.0. The van der Waals surface area contributed by atoms with E-state index in [0.717, 1.165) is 57.8 Å². The van der Waals surface area contributed by atoms with Gasteiger partial charge in [0.15, 0.2) is 6.04 Å². The predicted molar refractivity (Wildman–Crippen MR) is 242 cm³/mol. The van der Waals surface area contributed by atoms with Crippen molar-refractivity contribution in [3.8, 4) is 0 Å². The van der Waals surface area contributed by atoms with Crippen LogP contribution >= 0.6 is 0 Å². The van der Waals surface area contributed by atoms with Gasteiger partial charge in [-0.2, -0.15) is 0 Å². The van der Waals surface area contributed by atoms with Crippen LogP contribution in [0, 0.1) is 75.0 Å². The van der Waals surface area contributed by atoms with Gasteiger partial charge in [-0.1, -0.05) is 48.5 Å². The number of hydrogen-bond donors (Lipinski definition) is 3. The Morgan fingerprint density at radius 1 is 0.879 bits per heavy atom. The quantitative estimate of drug-likeness (QED) is 0.0619. The van der Waals surface area contributed by atoms with Crippen LogP contribution in [0.15, 0.2) is 20.9 Å². The predicted octanol–water partition coefficient (Wildman–Crippen LogP) is 8.21. The number of rotatable bonds is 16. The minimum Gasteiger partial charge on any atom is -0.481 e. The van der Waals surface area contributed by atoms with Gasteiger partial charge in [-0.05, 0) is 136 Å². The number of nitrogens with one attached hydrogen (secondary N) is 2. The number of hydrogen-bond acceptors (Lipinski definition) is 12. The van der Waals surface area contributed by atoms with Crippen molar-refractivity contribution in [3.05, 3.63) is 32.6 Å². The van der Waals surface area contributed by atoms with Crippen molar-refractivity contribution in [1.82, 2.24) is 14.5 Å². The lowest BCUT2D eigenvalue weighted by Gasteiger charge is -2.73. The largest absolute Gasteiger partial charge is 0.481 e. The number of carbonyl (C=O) groups is 4. The third-order valence-electron chi connectivity index (χ3n) is 19.1. The van der Waals surface area contributed by atoms with Gasteiger partial charge >= 0.3 is 29.6 Å². The van der Waals surface area contributed by atoms with E-state index in [2.05, 4.69) is 63.5 Å². The van der Waals surface area contributed by atoms with E-state index in [9.17, 15) is 28.8 Å². The van der Waals surface area contributed by atoms with Crippen molar-refractivity contribution in [2.75, 3.05) is 13.2 Å². The fraction of sp³-hybridized carbons (Fsp3) is 0.840. The van der Waals surface area contributed by atoms with Gasteiger partial charge in [0.1, 0.15) is 35.7 Å². The van der Waals surface area contributed by atoms with Crippen molar-refractivity contribution >= 4 is 23.9 Å². The minimum absolute atomic E-state index is 0.00911. The summed E-state index contributed by atoms with van der Waals surface area (Å²) in [5.41, 5.74) is 6.54. The van der Waals surface area contributed by atoms with Gasteiger partial charge in [-0.25, -0.2) is 4.79 Å². The van der Waals surface area contributed by atoms with E-state index in [4.69, 9.17) is 29.6 Å². The fourth-order valence-corrected chi connectivity index (χ4v) is 15.5. The minimum atomic E-state index is -0.895. The molecule has 366 valence electrons. The second kappa shape index (κ2) is 19.1. The molecule has 6 fully saturated rings. The lowest BCUT2D eigenvalue weighted by Crippen LogP contribution is -2.67. The van der Waals surface area contributed by atoms with E-state index < -0.39 is 41.6 Å². The highest BCUT2D eigenvalue weighted by molar-refractivity contribution is 5.73. The van der Waals surface area contributed by atoms with Crippen LogP contribution in [0.5, 0.6) is 0 Å². The zero-order valence-electron chi connectivity index (χ0n) is 40.7. The van der Waals surface area contributed by atoms with Gasteiger partial charge in [-0.15, -0.1) is 0 Å². The first kappa shape index (κ1) is 49.7. The molecule has 0 aromatic carbocycles. The number of nitrogens with zero attached hydrogens (tertiary/aromatic N) is 3. The number of ether oxygens (including phenoxy) is 4. The summed E-state index contributed by atoms with van der Waals surface area (Å²) < 4.78 is 25.1. The van der Waals surface area contributed by atoms with Crippen molar-refractivity contribution in [2.45, 2.75) is 189 Å². The number of aryl methyl sites for hydroxylation is 1. The topological polar surface area (TPSA) is 231 Å². The maximum absolute atomic E-state index is 13.4. The van der Waals surface area contributed by atoms with E-state index in [1.165, 1.54) is 17.2 Å². The number of aliphatic carboxylic acids is 1. The van der Waals surface area contributed by atoms with Crippen LogP contribution in [0.2, 0.25) is 0 Å². The van der Waals surface area contributed by atoms with E-state index in [0.29, 0.717) is 54.1 Å². The molecule has 3 unspecified atom stereocenters. The molecular formula is C50H76N5O11+. The molecule has 5 saturated carbocycles. The van der Waals surface area contributed by atoms with Crippen molar-refractivity contribution in [2.24, 2.45) is 67.7 Å². The van der Waals surface area contributed by atoms with Crippen LogP contribution in [0.3, 0.4) is 0 Å². The number of H-pyrrole nitrogens is 1. The van der Waals surface area contributed by atoms with Crippen LogP contribution in [-0.2, 0) is 38.1 Å². The monoisotopic (exact) mass is 923 g/mol. The Morgan fingerprint density at radius 2 is 1.58 bits per heavy atom. The van der Waals surface area contributed by atoms with Gasteiger partial charge in [0.25, 0.3) is 5.56 Å². The fourth-order valence-electron chi connectivity index (χ4n) is 15.5. The first-order chi connectivity index (χ1) is 31.1. The van der Waals surface area contributed by atoms with E-state index in [1.807, 2.05) is 0 Å². The Hall–Kier alpha value is -4.17. The van der Waals surface area contributed by atoms with Crippen LogP contribution in [0.4, 0.5) is 0 Å². The summed E-state index contributed by atoms with van der Waals surface area (Å²) in [6, 6.07) is -0.639. The van der Waals surface area contributed by atoms with E-state index >= 15 is 0 Å². The van der Waals surface area contributed by atoms with Crippen LogP contribution < -0.4 is 16.2 Å². The third kappa shape index (κ3) is 9.10. The van der Waals surface area contributed by atoms with E-state index in [1.54, 1.807) is 6.92 Å². The highest BCUT2D eigenvalue weighted by atomic mass is 16.6. The van der Waals surface area contributed by atoms with Gasteiger partial charge < -0.3 is 24.1 Å². The summed E-state index contributed by atoms with van der Waals surface area (Å²) >= 11 is 0. The molecule has 1 aromatic heterocycles. The Bertz CT molecular complexity index is 2180. The number of carbonyl (C=O) groups excluding carboxylic acids is 3. The molecule has 6 aliphatic rings. The van der Waals surface area contributed by atoms with Crippen molar-refractivity contribution in [3.63, 3.8) is 0 Å². The Balaban J connectivity index is 0.946. The van der Waals surface area contributed by atoms with Gasteiger partial charge in [0.05, 0.1) is 6.61 Å². The third-order valence-corrected chi connectivity index (χ3v) is 19.1. The number of carboxylic acid groups (broad SMARTS) is 1. The highest BCUT2D eigenvalue weighted by Crippen LogP contribution is 2.77. The van der Waals surface area contributed by atoms with Crippen molar-refractivity contribution < 1.29 is 43.2 Å². The summed E-state index contributed by atoms with van der Waals surface area (Å²) in [5, 5.41) is 13.0. The smallest absolute Gasteiger partial charge is 0.330 e. The summed E-state index contributed by atoms with van der Waals surface area (Å²) in [6.45, 7) is 18.9. The molecule has 5 aliphatic carbocycles. The van der Waals surface area contributed by atoms with Gasteiger partial charge in [0, 0.05) is 54.7 Å². The number of aromatic nitrogens is 2. The molecule has 0 radical (unpaired) electrons. The maximum Gasteiger partial charge on any atom is 0.330 e. The molecule has 0 bridgehead atoms. The molecule has 2 heterocycles.